The van der Waals surface area contributed by atoms with Crippen LogP contribution >= 0.6 is 24.8 Å². The van der Waals surface area contributed by atoms with E-state index in [-0.39, 0.29) is 49.4 Å². The van der Waals surface area contributed by atoms with Crippen molar-refractivity contribution in [2.24, 2.45) is 0 Å². The maximum Gasteiger partial charge on any atom is 0.320 e. The van der Waals surface area contributed by atoms with Crippen LogP contribution in [0.3, 0.4) is 0 Å². The minimum absolute atomic E-state index is 0. The first kappa shape index (κ1) is 31.4. The van der Waals surface area contributed by atoms with Gasteiger partial charge in [0.15, 0.2) is 0 Å². The largest absolute Gasteiger partial charge is 0.507 e. The maximum absolute atomic E-state index is 11.8. The van der Waals surface area contributed by atoms with Crippen molar-refractivity contribution >= 4 is 58.3 Å². The van der Waals surface area contributed by atoms with E-state index in [1.165, 1.54) is 0 Å². The fourth-order valence-corrected chi connectivity index (χ4v) is 6.56. The van der Waals surface area contributed by atoms with E-state index in [2.05, 4.69) is 0 Å². The molecule has 42 heavy (non-hydrogen) atoms. The standard InChI is InChI=1S/C32H32N2O6.2ClH/c35-29-21(17-33-13-5-11-25(33)31(37)38)15-19-7-1-3-9-23(19)27(29)28-24-10-4-2-8-20(24)16-22(30(28)36)18-34-14-6-12-26(34)32(39)40;;/h1-4,7-10,15-16,25-26,35-36H,5-6,11-14,17-18H2,(H,37,38)(H,39,40);2*1H/t25-,26-;;/m0../s1. The van der Waals surface area contributed by atoms with Gasteiger partial charge in [-0.2, -0.15) is 0 Å². The number of phenolic OH excluding ortho intramolecular Hbond substituents is 2. The Hall–Kier alpha value is -3.56. The van der Waals surface area contributed by atoms with E-state index in [1.807, 2.05) is 70.5 Å². The first-order chi connectivity index (χ1) is 19.3. The van der Waals surface area contributed by atoms with Crippen molar-refractivity contribution in [3.8, 4) is 22.6 Å². The molecule has 222 valence electrons. The Morgan fingerprint density at radius 3 is 1.43 bits per heavy atom. The molecule has 4 aromatic rings. The highest BCUT2D eigenvalue weighted by Gasteiger charge is 2.33. The molecule has 4 N–H and O–H groups in total. The van der Waals surface area contributed by atoms with Crippen LogP contribution in [0.25, 0.3) is 32.7 Å². The molecular weight excluding hydrogens is 579 g/mol. The molecule has 2 saturated heterocycles. The van der Waals surface area contributed by atoms with E-state index in [0.717, 1.165) is 34.4 Å². The zero-order valence-electron chi connectivity index (χ0n) is 22.9. The highest BCUT2D eigenvalue weighted by atomic mass is 35.5. The Morgan fingerprint density at radius 1 is 0.667 bits per heavy atom. The second kappa shape index (κ2) is 12.8. The summed E-state index contributed by atoms with van der Waals surface area (Å²) < 4.78 is 0. The van der Waals surface area contributed by atoms with Crippen LogP contribution in [0, 0.1) is 0 Å². The number of phenols is 2. The molecule has 2 atom stereocenters. The minimum Gasteiger partial charge on any atom is -0.507 e. The molecule has 0 bridgehead atoms. The second-order valence-electron chi connectivity index (χ2n) is 10.9. The summed E-state index contributed by atoms with van der Waals surface area (Å²) in [7, 11) is 0. The Kier molecular flexibility index (Phi) is 9.53. The monoisotopic (exact) mass is 612 g/mol. The number of fused-ring (bicyclic) bond motifs is 2. The van der Waals surface area contributed by atoms with Crippen LogP contribution in [-0.4, -0.2) is 67.3 Å². The molecule has 2 heterocycles. The second-order valence-corrected chi connectivity index (χ2v) is 10.9. The number of aliphatic carboxylic acids is 2. The highest BCUT2D eigenvalue weighted by molar-refractivity contribution is 6.10. The van der Waals surface area contributed by atoms with E-state index in [1.54, 1.807) is 0 Å². The van der Waals surface area contributed by atoms with Gasteiger partial charge in [-0.25, -0.2) is 0 Å². The van der Waals surface area contributed by atoms with Gasteiger partial charge in [0.2, 0.25) is 0 Å². The van der Waals surface area contributed by atoms with Crippen LogP contribution in [0.5, 0.6) is 11.5 Å². The van der Waals surface area contributed by atoms with Crippen molar-refractivity contribution in [2.45, 2.75) is 50.9 Å². The van der Waals surface area contributed by atoms with E-state index in [9.17, 15) is 30.0 Å². The van der Waals surface area contributed by atoms with Gasteiger partial charge in [-0.15, -0.1) is 24.8 Å². The van der Waals surface area contributed by atoms with Crippen molar-refractivity contribution < 1.29 is 30.0 Å². The summed E-state index contributed by atoms with van der Waals surface area (Å²) in [5, 5.41) is 46.4. The lowest BCUT2D eigenvalue weighted by Crippen LogP contribution is -2.35. The molecular formula is C32H34Cl2N2O6. The number of hydrogen-bond donors (Lipinski definition) is 4. The molecule has 0 spiro atoms. The highest BCUT2D eigenvalue weighted by Crippen LogP contribution is 2.48. The summed E-state index contributed by atoms with van der Waals surface area (Å²) in [4.78, 5) is 27.4. The van der Waals surface area contributed by atoms with Gasteiger partial charge in [0.1, 0.15) is 23.6 Å². The average Bonchev–Trinajstić information content (AvgIpc) is 3.60. The van der Waals surface area contributed by atoms with Crippen molar-refractivity contribution in [1.29, 1.82) is 0 Å². The Balaban J connectivity index is 0.00000202. The summed E-state index contributed by atoms with van der Waals surface area (Å²) in [5.41, 5.74) is 2.18. The quantitative estimate of drug-likeness (QED) is 0.200. The van der Waals surface area contributed by atoms with Crippen molar-refractivity contribution in [3.63, 3.8) is 0 Å². The first-order valence-corrected chi connectivity index (χ1v) is 13.7. The number of carbonyl (C=O) groups is 2. The summed E-state index contributed by atoms with van der Waals surface area (Å²) in [5.74, 6) is -1.71. The summed E-state index contributed by atoms with van der Waals surface area (Å²) in [6.07, 6.45) is 2.69. The zero-order chi connectivity index (χ0) is 28.0. The van der Waals surface area contributed by atoms with E-state index >= 15 is 0 Å². The van der Waals surface area contributed by atoms with Crippen molar-refractivity contribution in [2.75, 3.05) is 13.1 Å². The van der Waals surface area contributed by atoms with Gasteiger partial charge in [0.25, 0.3) is 0 Å². The Bertz CT molecular complexity index is 1520. The molecule has 0 saturated carbocycles. The van der Waals surface area contributed by atoms with E-state index in [0.29, 0.717) is 48.2 Å². The normalized spacial score (nSPS) is 19.0. The molecule has 8 nitrogen and oxygen atoms in total. The van der Waals surface area contributed by atoms with Crippen molar-refractivity contribution in [3.05, 3.63) is 71.8 Å². The van der Waals surface area contributed by atoms with Crippen LogP contribution in [-0.2, 0) is 22.7 Å². The molecule has 4 aromatic carbocycles. The van der Waals surface area contributed by atoms with Crippen LogP contribution in [0.4, 0.5) is 0 Å². The Labute approximate surface area is 256 Å². The summed E-state index contributed by atoms with van der Waals surface area (Å²) >= 11 is 0. The van der Waals surface area contributed by atoms with Crippen LogP contribution in [0.1, 0.15) is 36.8 Å². The Morgan fingerprint density at radius 2 is 1.05 bits per heavy atom. The number of halogens is 2. The average molecular weight is 614 g/mol. The molecule has 0 radical (unpaired) electrons. The number of carboxylic acids is 2. The van der Waals surface area contributed by atoms with E-state index in [4.69, 9.17) is 0 Å². The topological polar surface area (TPSA) is 122 Å². The molecule has 0 amide bonds. The van der Waals surface area contributed by atoms with Gasteiger partial charge < -0.3 is 20.4 Å². The fraction of sp³-hybridized carbons (Fsp3) is 0.312. The minimum atomic E-state index is -0.865. The predicted octanol–water partition coefficient (Wildman–Crippen LogP) is 6.01. The number of likely N-dealkylation sites (tertiary alicyclic amines) is 2. The van der Waals surface area contributed by atoms with Crippen LogP contribution in [0.15, 0.2) is 60.7 Å². The number of carboxylic acid groups (broad SMARTS) is 2. The lowest BCUT2D eigenvalue weighted by molar-refractivity contribution is -0.143. The number of rotatable bonds is 7. The van der Waals surface area contributed by atoms with Crippen LogP contribution in [0.2, 0.25) is 0 Å². The van der Waals surface area contributed by atoms with Crippen molar-refractivity contribution in [1.82, 2.24) is 9.80 Å². The lowest BCUT2D eigenvalue weighted by Gasteiger charge is -2.25. The van der Waals surface area contributed by atoms with Gasteiger partial charge in [-0.05, 0) is 72.5 Å². The third-order valence-corrected chi connectivity index (χ3v) is 8.50. The van der Waals surface area contributed by atoms with Gasteiger partial charge >= 0.3 is 11.9 Å². The molecule has 0 aliphatic carbocycles. The number of hydrogen-bond acceptors (Lipinski definition) is 6. The zero-order valence-corrected chi connectivity index (χ0v) is 24.5. The molecule has 10 heteroatoms. The maximum atomic E-state index is 11.8. The molecule has 6 rings (SSSR count). The molecule has 2 fully saturated rings. The fourth-order valence-electron chi connectivity index (χ4n) is 6.56. The van der Waals surface area contributed by atoms with Gasteiger partial charge in [0.05, 0.1) is 0 Å². The predicted molar refractivity (Wildman–Crippen MR) is 167 cm³/mol. The lowest BCUT2D eigenvalue weighted by atomic mass is 9.88. The third-order valence-electron chi connectivity index (χ3n) is 8.50. The molecule has 2 aliphatic rings. The molecule has 0 aromatic heterocycles. The van der Waals surface area contributed by atoms with Crippen LogP contribution < -0.4 is 0 Å². The van der Waals surface area contributed by atoms with E-state index < -0.39 is 24.0 Å². The summed E-state index contributed by atoms with van der Waals surface area (Å²) in [6.45, 7) is 1.80. The molecule has 2 aliphatic heterocycles. The number of aromatic hydroxyl groups is 2. The smallest absolute Gasteiger partial charge is 0.320 e. The SMILES string of the molecule is Cl.Cl.O=C(O)[C@@H]1CCCN1Cc1cc2ccccc2c(-c2c(O)c(CN3CCC[C@H]3C(=O)O)cc3ccccc23)c1O. The van der Waals surface area contributed by atoms with Gasteiger partial charge in [-0.1, -0.05) is 48.5 Å². The first-order valence-electron chi connectivity index (χ1n) is 13.7. The number of benzene rings is 4. The van der Waals surface area contributed by atoms with Gasteiger partial charge in [0, 0.05) is 35.3 Å². The summed E-state index contributed by atoms with van der Waals surface area (Å²) in [6, 6.07) is 17.9. The van der Waals surface area contributed by atoms with Gasteiger partial charge in [-0.3, -0.25) is 19.4 Å². The molecule has 0 unspecified atom stereocenters. The third kappa shape index (κ3) is 5.60. The number of nitrogens with zero attached hydrogens (tertiary/aromatic N) is 2.